The zero-order valence-corrected chi connectivity index (χ0v) is 17.4. The van der Waals surface area contributed by atoms with Gasteiger partial charge in [0.15, 0.2) is 0 Å². The number of nitrogens with zero attached hydrogens (tertiary/aromatic N) is 1. The van der Waals surface area contributed by atoms with E-state index in [0.29, 0.717) is 26.9 Å². The molecule has 1 atom stereocenters. The van der Waals surface area contributed by atoms with Crippen LogP contribution in [0, 0.1) is 6.92 Å². The van der Waals surface area contributed by atoms with E-state index in [2.05, 4.69) is 4.98 Å². The SMILES string of the molecule is COc1cc(C(N)=O)ccc1-c1cc(Cl)cc(C(CC(=O)O)c2ncc(C)s2)c1. The molecule has 0 spiro atoms. The molecule has 1 heterocycles. The first-order valence-electron chi connectivity index (χ1n) is 8.71. The summed E-state index contributed by atoms with van der Waals surface area (Å²) in [5.41, 5.74) is 7.87. The standard InChI is InChI=1S/C21H19ClN2O4S/c1-11-10-24-21(29-11)17(9-19(25)26)14-5-13(6-15(22)7-14)16-4-3-12(20(23)27)8-18(16)28-2/h3-8,10,17H,9H2,1-2H3,(H2,23,27)(H,25,26). The van der Waals surface area contributed by atoms with E-state index in [4.69, 9.17) is 22.1 Å². The molecule has 3 N–H and O–H groups in total. The van der Waals surface area contributed by atoms with Crippen LogP contribution in [-0.4, -0.2) is 29.1 Å². The number of methoxy groups -OCH3 is 1. The molecule has 0 aliphatic carbocycles. The van der Waals surface area contributed by atoms with E-state index in [-0.39, 0.29) is 6.42 Å². The minimum atomic E-state index is -0.923. The fraction of sp³-hybridized carbons (Fsp3) is 0.190. The molecule has 0 saturated heterocycles. The molecule has 2 aromatic carbocycles. The molecule has 1 unspecified atom stereocenters. The molecule has 0 radical (unpaired) electrons. The second-order valence-electron chi connectivity index (χ2n) is 6.51. The zero-order chi connectivity index (χ0) is 21.1. The molecule has 0 fully saturated rings. The number of carboxylic acid groups (broad SMARTS) is 1. The van der Waals surface area contributed by atoms with Gasteiger partial charge >= 0.3 is 5.97 Å². The summed E-state index contributed by atoms with van der Waals surface area (Å²) in [6.07, 6.45) is 1.62. The Balaban J connectivity index is 2.12. The maximum atomic E-state index is 11.5. The number of primary amides is 1. The lowest BCUT2D eigenvalue weighted by Gasteiger charge is -2.16. The highest BCUT2D eigenvalue weighted by molar-refractivity contribution is 7.11. The molecular weight excluding hydrogens is 412 g/mol. The van der Waals surface area contributed by atoms with Crippen molar-refractivity contribution in [2.75, 3.05) is 7.11 Å². The maximum absolute atomic E-state index is 11.5. The smallest absolute Gasteiger partial charge is 0.304 e. The van der Waals surface area contributed by atoms with E-state index in [1.165, 1.54) is 18.4 Å². The Kier molecular flexibility index (Phi) is 6.20. The third-order valence-corrected chi connectivity index (χ3v) is 5.68. The summed E-state index contributed by atoms with van der Waals surface area (Å²) in [6, 6.07) is 10.3. The van der Waals surface area contributed by atoms with Gasteiger partial charge in [-0.05, 0) is 48.4 Å². The van der Waals surface area contributed by atoms with Gasteiger partial charge in [-0.1, -0.05) is 17.7 Å². The van der Waals surface area contributed by atoms with Crippen LogP contribution in [0.2, 0.25) is 5.02 Å². The predicted octanol–water partition coefficient (Wildman–Crippen LogP) is 4.49. The van der Waals surface area contributed by atoms with Crippen LogP contribution in [0.5, 0.6) is 5.75 Å². The number of carbonyl (C=O) groups is 2. The highest BCUT2D eigenvalue weighted by atomic mass is 35.5. The molecule has 29 heavy (non-hydrogen) atoms. The van der Waals surface area contributed by atoms with Crippen molar-refractivity contribution in [2.24, 2.45) is 5.73 Å². The fourth-order valence-electron chi connectivity index (χ4n) is 3.11. The summed E-state index contributed by atoms with van der Waals surface area (Å²) in [5, 5.41) is 10.6. The number of aliphatic carboxylic acids is 1. The third kappa shape index (κ3) is 4.75. The largest absolute Gasteiger partial charge is 0.496 e. The Bertz CT molecular complexity index is 1080. The lowest BCUT2D eigenvalue weighted by molar-refractivity contribution is -0.137. The molecule has 0 aliphatic heterocycles. The zero-order valence-electron chi connectivity index (χ0n) is 15.8. The minimum absolute atomic E-state index is 0.107. The number of ether oxygens (including phenoxy) is 1. The highest BCUT2D eigenvalue weighted by Gasteiger charge is 2.23. The van der Waals surface area contributed by atoms with Gasteiger partial charge in [0.25, 0.3) is 0 Å². The van der Waals surface area contributed by atoms with Crippen LogP contribution < -0.4 is 10.5 Å². The number of benzene rings is 2. The van der Waals surface area contributed by atoms with Crippen LogP contribution in [0.25, 0.3) is 11.1 Å². The molecule has 3 aromatic rings. The molecule has 8 heteroatoms. The van der Waals surface area contributed by atoms with Crippen molar-refractivity contribution in [1.29, 1.82) is 0 Å². The molecule has 150 valence electrons. The predicted molar refractivity (Wildman–Crippen MR) is 113 cm³/mol. The number of hydrogen-bond acceptors (Lipinski definition) is 5. The number of amides is 1. The van der Waals surface area contributed by atoms with E-state index >= 15 is 0 Å². The average Bonchev–Trinajstić information content (AvgIpc) is 3.10. The Morgan fingerprint density at radius 1 is 1.28 bits per heavy atom. The number of halogens is 1. The first-order valence-corrected chi connectivity index (χ1v) is 9.90. The summed E-state index contributed by atoms with van der Waals surface area (Å²) in [4.78, 5) is 28.3. The molecular formula is C21H19ClN2O4S. The Hall–Kier alpha value is -2.90. The number of carboxylic acids is 1. The molecule has 6 nitrogen and oxygen atoms in total. The van der Waals surface area contributed by atoms with E-state index in [1.807, 2.05) is 13.0 Å². The van der Waals surface area contributed by atoms with E-state index in [1.54, 1.807) is 36.5 Å². The van der Waals surface area contributed by atoms with Crippen molar-refractivity contribution >= 4 is 34.8 Å². The Morgan fingerprint density at radius 3 is 2.62 bits per heavy atom. The first-order chi connectivity index (χ1) is 13.8. The number of nitrogens with two attached hydrogens (primary N) is 1. The number of hydrogen-bond donors (Lipinski definition) is 2. The first kappa shape index (κ1) is 20.8. The van der Waals surface area contributed by atoms with Crippen molar-refractivity contribution in [1.82, 2.24) is 4.98 Å². The number of rotatable bonds is 7. The molecule has 1 aromatic heterocycles. The molecule has 1 amide bonds. The molecule has 3 rings (SSSR count). The topological polar surface area (TPSA) is 103 Å². The fourth-order valence-corrected chi connectivity index (χ4v) is 4.25. The highest BCUT2D eigenvalue weighted by Crippen LogP contribution is 2.38. The molecule has 0 saturated carbocycles. The van der Waals surface area contributed by atoms with Crippen LogP contribution in [0.4, 0.5) is 0 Å². The van der Waals surface area contributed by atoms with E-state index < -0.39 is 17.8 Å². The second-order valence-corrected chi connectivity index (χ2v) is 8.21. The number of thiazole rings is 1. The number of carbonyl (C=O) groups excluding carboxylic acids is 1. The van der Waals surface area contributed by atoms with Crippen molar-refractivity contribution in [2.45, 2.75) is 19.3 Å². The van der Waals surface area contributed by atoms with Crippen LogP contribution in [0.1, 0.15) is 38.1 Å². The van der Waals surface area contributed by atoms with Crippen LogP contribution in [0.15, 0.2) is 42.6 Å². The van der Waals surface area contributed by atoms with Crippen molar-refractivity contribution in [3.63, 3.8) is 0 Å². The van der Waals surface area contributed by atoms with Crippen molar-refractivity contribution < 1.29 is 19.4 Å². The summed E-state index contributed by atoms with van der Waals surface area (Å²) in [5.74, 6) is -1.44. The van der Waals surface area contributed by atoms with Crippen LogP contribution in [-0.2, 0) is 4.79 Å². The molecule has 0 bridgehead atoms. The van der Waals surface area contributed by atoms with Gasteiger partial charge in [0.1, 0.15) is 10.8 Å². The lowest BCUT2D eigenvalue weighted by atomic mass is 9.92. The van der Waals surface area contributed by atoms with Gasteiger partial charge in [-0.2, -0.15) is 0 Å². The minimum Gasteiger partial charge on any atom is -0.496 e. The van der Waals surface area contributed by atoms with Gasteiger partial charge in [0, 0.05) is 33.1 Å². The normalized spacial score (nSPS) is 11.8. The van der Waals surface area contributed by atoms with Crippen LogP contribution >= 0.6 is 22.9 Å². The van der Waals surface area contributed by atoms with Crippen LogP contribution in [0.3, 0.4) is 0 Å². The van der Waals surface area contributed by atoms with Gasteiger partial charge in [0.05, 0.1) is 13.5 Å². The van der Waals surface area contributed by atoms with E-state index in [0.717, 1.165) is 16.0 Å². The summed E-state index contributed by atoms with van der Waals surface area (Å²) in [7, 11) is 1.50. The van der Waals surface area contributed by atoms with Crippen molar-refractivity contribution in [3.05, 3.63) is 68.6 Å². The lowest BCUT2D eigenvalue weighted by Crippen LogP contribution is -2.11. The quantitative estimate of drug-likeness (QED) is 0.575. The molecule has 0 aliphatic rings. The Morgan fingerprint density at radius 2 is 2.03 bits per heavy atom. The summed E-state index contributed by atoms with van der Waals surface area (Å²) < 4.78 is 5.43. The third-order valence-electron chi connectivity index (χ3n) is 4.44. The summed E-state index contributed by atoms with van der Waals surface area (Å²) >= 11 is 7.83. The second kappa shape index (κ2) is 8.63. The van der Waals surface area contributed by atoms with Crippen molar-refractivity contribution in [3.8, 4) is 16.9 Å². The monoisotopic (exact) mass is 430 g/mol. The van der Waals surface area contributed by atoms with Gasteiger partial charge < -0.3 is 15.6 Å². The van der Waals surface area contributed by atoms with E-state index in [9.17, 15) is 14.7 Å². The number of aromatic nitrogens is 1. The maximum Gasteiger partial charge on any atom is 0.304 e. The average molecular weight is 431 g/mol. The van der Waals surface area contributed by atoms with Gasteiger partial charge in [-0.25, -0.2) is 4.98 Å². The van der Waals surface area contributed by atoms with Gasteiger partial charge in [0.2, 0.25) is 5.91 Å². The number of aryl methyl sites for hydroxylation is 1. The van der Waals surface area contributed by atoms with Gasteiger partial charge in [-0.3, -0.25) is 9.59 Å². The summed E-state index contributed by atoms with van der Waals surface area (Å²) in [6.45, 7) is 1.92. The van der Waals surface area contributed by atoms with Gasteiger partial charge in [-0.15, -0.1) is 11.3 Å². The Labute approximate surface area is 176 Å².